The van der Waals surface area contributed by atoms with Gasteiger partial charge in [0.1, 0.15) is 11.4 Å². The predicted molar refractivity (Wildman–Crippen MR) is 107 cm³/mol. The van der Waals surface area contributed by atoms with E-state index in [4.69, 9.17) is 4.74 Å². The molecule has 0 saturated heterocycles. The van der Waals surface area contributed by atoms with Crippen molar-refractivity contribution < 1.29 is 9.53 Å². The number of hydrogen-bond donors (Lipinski definition) is 2. The fraction of sp³-hybridized carbons (Fsp3) is 0.150. The minimum Gasteiger partial charge on any atom is -0.495 e. The van der Waals surface area contributed by atoms with Crippen molar-refractivity contribution in [3.05, 3.63) is 66.5 Å². The summed E-state index contributed by atoms with van der Waals surface area (Å²) in [5.74, 6) is 0.590. The third-order valence-corrected chi connectivity index (χ3v) is 3.88. The van der Waals surface area contributed by atoms with E-state index in [1.54, 1.807) is 31.5 Å². The highest BCUT2D eigenvalue weighted by Gasteiger charge is 2.12. The number of benzene rings is 2. The predicted octanol–water partition coefficient (Wildman–Crippen LogP) is 3.55. The van der Waals surface area contributed by atoms with Gasteiger partial charge in [-0.3, -0.25) is 4.79 Å². The summed E-state index contributed by atoms with van der Waals surface area (Å²) < 4.78 is 5.25. The molecule has 0 bridgehead atoms. The van der Waals surface area contributed by atoms with Crippen molar-refractivity contribution in [2.24, 2.45) is 0 Å². The molecule has 7 heteroatoms. The maximum Gasteiger partial charge on any atom is 0.274 e. The van der Waals surface area contributed by atoms with Gasteiger partial charge in [-0.25, -0.2) is 9.97 Å². The van der Waals surface area contributed by atoms with Gasteiger partial charge >= 0.3 is 0 Å². The second-order valence-electron chi connectivity index (χ2n) is 5.99. The molecule has 0 saturated carbocycles. The smallest absolute Gasteiger partial charge is 0.274 e. The second-order valence-corrected chi connectivity index (χ2v) is 5.99. The van der Waals surface area contributed by atoms with E-state index in [9.17, 15) is 4.79 Å². The molecule has 3 rings (SSSR count). The van der Waals surface area contributed by atoms with Crippen LogP contribution in [0.2, 0.25) is 0 Å². The second kappa shape index (κ2) is 8.18. The van der Waals surface area contributed by atoms with Gasteiger partial charge in [0.2, 0.25) is 5.95 Å². The van der Waals surface area contributed by atoms with Crippen LogP contribution in [0.3, 0.4) is 0 Å². The summed E-state index contributed by atoms with van der Waals surface area (Å²) in [6, 6.07) is 16.6. The molecule has 0 aliphatic heterocycles. The summed E-state index contributed by atoms with van der Waals surface area (Å²) in [4.78, 5) is 23.0. The molecule has 0 spiro atoms. The van der Waals surface area contributed by atoms with Crippen molar-refractivity contribution in [2.45, 2.75) is 0 Å². The van der Waals surface area contributed by atoms with Crippen LogP contribution in [0.15, 0.2) is 60.8 Å². The van der Waals surface area contributed by atoms with Crippen molar-refractivity contribution in [3.63, 3.8) is 0 Å². The normalized spacial score (nSPS) is 10.2. The summed E-state index contributed by atoms with van der Waals surface area (Å²) in [5.41, 5.74) is 2.76. The molecule has 138 valence electrons. The van der Waals surface area contributed by atoms with E-state index in [0.29, 0.717) is 17.4 Å². The molecule has 2 aromatic carbocycles. The Morgan fingerprint density at radius 1 is 1.04 bits per heavy atom. The minimum atomic E-state index is -0.340. The Hall–Kier alpha value is -3.61. The lowest BCUT2D eigenvalue weighted by molar-refractivity contribution is 0.102. The first kappa shape index (κ1) is 18.2. The number of para-hydroxylation sites is 2. The number of nitrogens with one attached hydrogen (secondary N) is 2. The van der Waals surface area contributed by atoms with Crippen molar-refractivity contribution >= 4 is 28.9 Å². The lowest BCUT2D eigenvalue weighted by Crippen LogP contribution is -2.15. The van der Waals surface area contributed by atoms with E-state index in [1.165, 1.54) is 0 Å². The lowest BCUT2D eigenvalue weighted by Gasteiger charge is -2.13. The molecule has 1 heterocycles. The topological polar surface area (TPSA) is 79.4 Å². The molecule has 1 amide bonds. The van der Waals surface area contributed by atoms with E-state index in [-0.39, 0.29) is 11.6 Å². The summed E-state index contributed by atoms with van der Waals surface area (Å²) in [5, 5.41) is 5.91. The number of carbonyl (C=O) groups excluding carboxylic acids is 1. The molecule has 27 heavy (non-hydrogen) atoms. The van der Waals surface area contributed by atoms with Crippen LogP contribution in [0, 0.1) is 0 Å². The Morgan fingerprint density at radius 3 is 2.48 bits per heavy atom. The average Bonchev–Trinajstić information content (AvgIpc) is 2.69. The molecular formula is C20H21N5O2. The van der Waals surface area contributed by atoms with Gasteiger partial charge in [-0.1, -0.05) is 12.1 Å². The number of amides is 1. The van der Waals surface area contributed by atoms with Crippen LogP contribution in [0.25, 0.3) is 0 Å². The largest absolute Gasteiger partial charge is 0.495 e. The van der Waals surface area contributed by atoms with Crippen LogP contribution in [0.5, 0.6) is 5.75 Å². The average molecular weight is 363 g/mol. The van der Waals surface area contributed by atoms with E-state index in [2.05, 4.69) is 20.6 Å². The van der Waals surface area contributed by atoms with Gasteiger partial charge in [0, 0.05) is 31.7 Å². The number of ether oxygens (including phenoxy) is 1. The highest BCUT2D eigenvalue weighted by molar-refractivity contribution is 6.03. The Balaban J connectivity index is 1.73. The third kappa shape index (κ3) is 4.52. The maximum atomic E-state index is 12.5. The Labute approximate surface area is 158 Å². The van der Waals surface area contributed by atoms with Crippen LogP contribution >= 0.6 is 0 Å². The molecule has 2 N–H and O–H groups in total. The lowest BCUT2D eigenvalue weighted by atomic mass is 10.2. The maximum absolute atomic E-state index is 12.5. The number of hydrogen-bond acceptors (Lipinski definition) is 6. The van der Waals surface area contributed by atoms with Crippen molar-refractivity contribution in [3.8, 4) is 5.75 Å². The van der Waals surface area contributed by atoms with E-state index >= 15 is 0 Å². The quantitative estimate of drug-likeness (QED) is 0.697. The van der Waals surface area contributed by atoms with Crippen molar-refractivity contribution in [1.29, 1.82) is 0 Å². The van der Waals surface area contributed by atoms with Gasteiger partial charge < -0.3 is 20.3 Å². The molecule has 3 aromatic rings. The van der Waals surface area contributed by atoms with Gasteiger partial charge in [-0.2, -0.15) is 0 Å². The highest BCUT2D eigenvalue weighted by atomic mass is 16.5. The van der Waals surface area contributed by atoms with Crippen LogP contribution in [0.1, 0.15) is 10.5 Å². The monoisotopic (exact) mass is 363 g/mol. The van der Waals surface area contributed by atoms with Gasteiger partial charge in [0.25, 0.3) is 5.91 Å². The van der Waals surface area contributed by atoms with E-state index in [0.717, 1.165) is 11.4 Å². The van der Waals surface area contributed by atoms with Gasteiger partial charge in [-0.05, 0) is 42.5 Å². The summed E-state index contributed by atoms with van der Waals surface area (Å²) in [6.07, 6.45) is 1.54. The number of anilines is 4. The molecule has 7 nitrogen and oxygen atoms in total. The molecular weight excluding hydrogens is 342 g/mol. The molecule has 0 aliphatic rings. The van der Waals surface area contributed by atoms with Crippen LogP contribution in [-0.4, -0.2) is 37.1 Å². The SMILES string of the molecule is COc1ccccc1NC(=O)c1ccnc(Nc2ccc(N(C)C)cc2)n1. The molecule has 0 atom stereocenters. The zero-order chi connectivity index (χ0) is 19.2. The Kier molecular flexibility index (Phi) is 5.51. The Bertz CT molecular complexity index is 926. The summed E-state index contributed by atoms with van der Waals surface area (Å²) in [6.45, 7) is 0. The highest BCUT2D eigenvalue weighted by Crippen LogP contribution is 2.23. The summed E-state index contributed by atoms with van der Waals surface area (Å²) >= 11 is 0. The molecule has 1 aromatic heterocycles. The van der Waals surface area contributed by atoms with E-state index < -0.39 is 0 Å². The number of carbonyl (C=O) groups is 1. The number of aromatic nitrogens is 2. The Morgan fingerprint density at radius 2 is 1.78 bits per heavy atom. The van der Waals surface area contributed by atoms with Crippen LogP contribution in [0.4, 0.5) is 23.0 Å². The van der Waals surface area contributed by atoms with Gasteiger partial charge in [0.05, 0.1) is 12.8 Å². The van der Waals surface area contributed by atoms with Crippen molar-refractivity contribution in [2.75, 3.05) is 36.7 Å². The first-order valence-corrected chi connectivity index (χ1v) is 8.38. The minimum absolute atomic E-state index is 0.253. The zero-order valence-electron chi connectivity index (χ0n) is 15.4. The van der Waals surface area contributed by atoms with E-state index in [1.807, 2.05) is 55.4 Å². The molecule has 0 aliphatic carbocycles. The number of nitrogens with zero attached hydrogens (tertiary/aromatic N) is 3. The fourth-order valence-electron chi connectivity index (χ4n) is 2.45. The molecule has 0 unspecified atom stereocenters. The molecule has 0 radical (unpaired) electrons. The van der Waals surface area contributed by atoms with Gasteiger partial charge in [-0.15, -0.1) is 0 Å². The van der Waals surface area contributed by atoms with Crippen molar-refractivity contribution in [1.82, 2.24) is 9.97 Å². The standard InChI is InChI=1S/C20H21N5O2/c1-25(2)15-10-8-14(9-11-15)22-20-21-13-12-17(24-20)19(26)23-16-6-4-5-7-18(16)27-3/h4-13H,1-3H3,(H,23,26)(H,21,22,24). The third-order valence-electron chi connectivity index (χ3n) is 3.88. The first-order valence-electron chi connectivity index (χ1n) is 8.38. The molecule has 0 fully saturated rings. The number of methoxy groups -OCH3 is 1. The summed E-state index contributed by atoms with van der Waals surface area (Å²) in [7, 11) is 5.52. The van der Waals surface area contributed by atoms with Gasteiger partial charge in [0.15, 0.2) is 0 Å². The zero-order valence-corrected chi connectivity index (χ0v) is 15.4. The van der Waals surface area contributed by atoms with Crippen LogP contribution < -0.4 is 20.3 Å². The fourth-order valence-corrected chi connectivity index (χ4v) is 2.45. The van der Waals surface area contributed by atoms with Crippen LogP contribution in [-0.2, 0) is 0 Å². The first-order chi connectivity index (χ1) is 13.1. The number of rotatable bonds is 6.